The van der Waals surface area contributed by atoms with Crippen molar-refractivity contribution in [3.8, 4) is 0 Å². The van der Waals surface area contributed by atoms with Crippen LogP contribution in [0.4, 0.5) is 5.69 Å². The Morgan fingerprint density at radius 3 is 2.45 bits per heavy atom. The zero-order valence-electron chi connectivity index (χ0n) is 12.5. The molecule has 1 heterocycles. The van der Waals surface area contributed by atoms with Gasteiger partial charge in [-0.05, 0) is 44.7 Å². The average Bonchev–Trinajstić information content (AvgIpc) is 2.88. The molecule has 0 atom stereocenters. The van der Waals surface area contributed by atoms with Crippen LogP contribution in [0, 0.1) is 6.92 Å². The van der Waals surface area contributed by atoms with Gasteiger partial charge in [0.2, 0.25) is 10.0 Å². The lowest BCUT2D eigenvalue weighted by molar-refractivity contribution is 0.102. The number of sulfonamides is 1. The van der Waals surface area contributed by atoms with Crippen LogP contribution in [-0.2, 0) is 16.4 Å². The van der Waals surface area contributed by atoms with Gasteiger partial charge in [0.25, 0.3) is 5.91 Å². The summed E-state index contributed by atoms with van der Waals surface area (Å²) in [7, 11) is -2.15. The van der Waals surface area contributed by atoms with E-state index in [2.05, 4.69) is 15.2 Å². The molecule has 0 bridgehead atoms. The molecule has 118 valence electrons. The first-order valence-corrected chi connectivity index (χ1v) is 8.17. The molecule has 0 aliphatic heterocycles. The van der Waals surface area contributed by atoms with E-state index in [1.165, 1.54) is 31.3 Å². The summed E-state index contributed by atoms with van der Waals surface area (Å²) < 4.78 is 30.5. The van der Waals surface area contributed by atoms with Gasteiger partial charge in [-0.15, -0.1) is 0 Å². The molecule has 7 nitrogen and oxygen atoms in total. The lowest BCUT2D eigenvalue weighted by atomic mass is 10.1. The van der Waals surface area contributed by atoms with E-state index in [1.807, 2.05) is 6.92 Å². The van der Waals surface area contributed by atoms with Crippen LogP contribution in [0.15, 0.2) is 33.7 Å². The van der Waals surface area contributed by atoms with Crippen molar-refractivity contribution < 1.29 is 17.7 Å². The van der Waals surface area contributed by atoms with Crippen molar-refractivity contribution in [1.29, 1.82) is 0 Å². The van der Waals surface area contributed by atoms with Crippen LogP contribution in [0.5, 0.6) is 0 Å². The Hall–Kier alpha value is -2.19. The molecule has 1 aromatic carbocycles. The van der Waals surface area contributed by atoms with E-state index >= 15 is 0 Å². The average molecular weight is 323 g/mol. The first-order valence-electron chi connectivity index (χ1n) is 6.69. The molecule has 0 fully saturated rings. The predicted octanol–water partition coefficient (Wildman–Crippen LogP) is 1.71. The highest BCUT2D eigenvalue weighted by molar-refractivity contribution is 7.89. The monoisotopic (exact) mass is 323 g/mol. The highest BCUT2D eigenvalue weighted by Gasteiger charge is 2.19. The number of benzene rings is 1. The van der Waals surface area contributed by atoms with E-state index in [-0.39, 0.29) is 10.8 Å². The molecule has 22 heavy (non-hydrogen) atoms. The summed E-state index contributed by atoms with van der Waals surface area (Å²) in [5.41, 5.74) is 1.49. The molecule has 2 aromatic rings. The fraction of sp³-hybridized carbons (Fsp3) is 0.286. The minimum atomic E-state index is -3.49. The van der Waals surface area contributed by atoms with Crippen molar-refractivity contribution in [3.05, 3.63) is 41.3 Å². The predicted molar refractivity (Wildman–Crippen MR) is 81.3 cm³/mol. The maximum atomic E-state index is 12.3. The van der Waals surface area contributed by atoms with Gasteiger partial charge in [-0.1, -0.05) is 12.1 Å². The maximum absolute atomic E-state index is 12.3. The summed E-state index contributed by atoms with van der Waals surface area (Å²) in [6.45, 7) is 3.55. The Morgan fingerprint density at radius 1 is 1.27 bits per heavy atom. The number of anilines is 1. The Labute approximate surface area is 128 Å². The van der Waals surface area contributed by atoms with Gasteiger partial charge in [0, 0.05) is 5.69 Å². The van der Waals surface area contributed by atoms with Crippen molar-refractivity contribution in [2.75, 3.05) is 12.4 Å². The Balaban J connectivity index is 2.21. The number of rotatable bonds is 5. The molecule has 1 aromatic heterocycles. The largest absolute Gasteiger partial charge is 0.361 e. The van der Waals surface area contributed by atoms with Crippen LogP contribution in [0.3, 0.4) is 0 Å². The van der Waals surface area contributed by atoms with Gasteiger partial charge in [-0.2, -0.15) is 0 Å². The molecule has 0 aliphatic carbocycles. The summed E-state index contributed by atoms with van der Waals surface area (Å²) in [5.74, 6) is 0.114. The second-order valence-corrected chi connectivity index (χ2v) is 6.49. The highest BCUT2D eigenvalue weighted by Crippen LogP contribution is 2.18. The summed E-state index contributed by atoms with van der Waals surface area (Å²) in [6, 6.07) is 5.89. The van der Waals surface area contributed by atoms with Gasteiger partial charge < -0.3 is 9.84 Å². The van der Waals surface area contributed by atoms with Crippen LogP contribution in [0.2, 0.25) is 0 Å². The van der Waals surface area contributed by atoms with Crippen molar-refractivity contribution in [1.82, 2.24) is 9.88 Å². The van der Waals surface area contributed by atoms with E-state index in [0.717, 1.165) is 0 Å². The number of carbonyl (C=O) groups is 1. The normalized spacial score (nSPS) is 11.4. The Bertz CT molecular complexity index is 779. The number of aromatic nitrogens is 1. The second-order valence-electron chi connectivity index (χ2n) is 4.60. The topological polar surface area (TPSA) is 101 Å². The van der Waals surface area contributed by atoms with E-state index in [1.54, 1.807) is 6.92 Å². The van der Waals surface area contributed by atoms with E-state index in [9.17, 15) is 13.2 Å². The molecule has 1 amide bonds. The zero-order chi connectivity index (χ0) is 16.3. The number of amides is 1. The van der Waals surface area contributed by atoms with Crippen molar-refractivity contribution in [2.45, 2.75) is 25.2 Å². The van der Waals surface area contributed by atoms with Crippen LogP contribution >= 0.6 is 0 Å². The van der Waals surface area contributed by atoms with E-state index in [4.69, 9.17) is 4.52 Å². The molecular formula is C14H17N3O4S. The van der Waals surface area contributed by atoms with Gasteiger partial charge in [0.1, 0.15) is 11.3 Å². The molecule has 0 saturated carbocycles. The highest BCUT2D eigenvalue weighted by atomic mass is 32.2. The Kier molecular flexibility index (Phi) is 4.62. The van der Waals surface area contributed by atoms with Crippen molar-refractivity contribution in [2.24, 2.45) is 0 Å². The molecule has 2 N–H and O–H groups in total. The summed E-state index contributed by atoms with van der Waals surface area (Å²) in [6.07, 6.45) is 0.583. The molecule has 0 unspecified atom stereocenters. The lowest BCUT2D eigenvalue weighted by Crippen LogP contribution is -2.18. The number of carbonyl (C=O) groups excluding carboxylic acids is 1. The minimum Gasteiger partial charge on any atom is -0.361 e. The van der Waals surface area contributed by atoms with Crippen molar-refractivity contribution in [3.63, 3.8) is 0 Å². The molecule has 0 radical (unpaired) electrons. The van der Waals surface area contributed by atoms with E-state index in [0.29, 0.717) is 29.1 Å². The van der Waals surface area contributed by atoms with Gasteiger partial charge in [0.05, 0.1) is 10.6 Å². The summed E-state index contributed by atoms with van der Waals surface area (Å²) >= 11 is 0. The van der Waals surface area contributed by atoms with Crippen LogP contribution < -0.4 is 10.0 Å². The third kappa shape index (κ3) is 3.18. The second kappa shape index (κ2) is 6.29. The fourth-order valence-corrected chi connectivity index (χ4v) is 2.71. The fourth-order valence-electron chi connectivity index (χ4n) is 1.98. The third-order valence-corrected chi connectivity index (χ3v) is 4.62. The Morgan fingerprint density at radius 2 is 1.91 bits per heavy atom. The smallest absolute Gasteiger partial charge is 0.261 e. The number of aryl methyl sites for hydroxylation is 2. The number of nitrogens with one attached hydrogen (secondary N) is 2. The van der Waals surface area contributed by atoms with E-state index < -0.39 is 10.0 Å². The van der Waals surface area contributed by atoms with Gasteiger partial charge in [-0.3, -0.25) is 4.79 Å². The van der Waals surface area contributed by atoms with Crippen molar-refractivity contribution >= 4 is 21.6 Å². The molecule has 0 spiro atoms. The molecule has 0 aliphatic rings. The zero-order valence-corrected chi connectivity index (χ0v) is 13.3. The molecule has 0 saturated heterocycles. The maximum Gasteiger partial charge on any atom is 0.261 e. The lowest BCUT2D eigenvalue weighted by Gasteiger charge is -2.07. The minimum absolute atomic E-state index is 0.128. The molecule has 8 heteroatoms. The molecular weight excluding hydrogens is 306 g/mol. The van der Waals surface area contributed by atoms with Gasteiger partial charge in [-0.25, -0.2) is 13.1 Å². The number of hydrogen-bond donors (Lipinski definition) is 2. The van der Waals surface area contributed by atoms with Crippen LogP contribution in [0.1, 0.15) is 28.7 Å². The van der Waals surface area contributed by atoms with Gasteiger partial charge >= 0.3 is 0 Å². The SMILES string of the molecule is CCc1noc(C)c1C(=O)Nc1ccc(S(=O)(=O)NC)cc1. The summed E-state index contributed by atoms with van der Waals surface area (Å²) in [5, 5.41) is 6.53. The number of nitrogens with zero attached hydrogens (tertiary/aromatic N) is 1. The quantitative estimate of drug-likeness (QED) is 0.872. The first kappa shape index (κ1) is 16.2. The third-order valence-electron chi connectivity index (χ3n) is 3.19. The first-order chi connectivity index (χ1) is 10.4. The molecule has 2 rings (SSSR count). The standard InChI is InChI=1S/C14H17N3O4S/c1-4-12-13(9(2)21-17-12)14(18)16-10-5-7-11(8-6-10)22(19,20)15-3/h5-8,15H,4H2,1-3H3,(H,16,18). The van der Waals surface area contributed by atoms with Crippen LogP contribution in [-0.4, -0.2) is 26.5 Å². The summed E-state index contributed by atoms with van der Waals surface area (Å²) in [4.78, 5) is 12.4. The number of hydrogen-bond acceptors (Lipinski definition) is 5. The van der Waals surface area contributed by atoms with Gasteiger partial charge in [0.15, 0.2) is 0 Å². The van der Waals surface area contributed by atoms with Crippen LogP contribution in [0.25, 0.3) is 0 Å².